The molecule has 256 valence electrons. The van der Waals surface area contributed by atoms with Gasteiger partial charge in [0.05, 0.1) is 0 Å². The Morgan fingerprint density at radius 2 is 0.841 bits per heavy atom. The van der Waals surface area contributed by atoms with E-state index in [0.29, 0.717) is 0 Å². The van der Waals surface area contributed by atoms with Gasteiger partial charge in [-0.05, 0) is 95.9 Å². The zero-order chi connectivity index (χ0) is 32.0. The van der Waals surface area contributed by atoms with Gasteiger partial charge in [0.2, 0.25) is 0 Å². The molecule has 44 heavy (non-hydrogen) atoms. The van der Waals surface area contributed by atoms with Crippen molar-refractivity contribution in [3.05, 3.63) is 60.8 Å². The van der Waals surface area contributed by atoms with Crippen molar-refractivity contribution in [2.24, 2.45) is 11.7 Å². The lowest BCUT2D eigenvalue weighted by atomic mass is 9.88. The van der Waals surface area contributed by atoms with Gasteiger partial charge >= 0.3 is 0 Å². The van der Waals surface area contributed by atoms with Crippen LogP contribution in [0.4, 0.5) is 0 Å². The third kappa shape index (κ3) is 35.1. The first-order valence-electron chi connectivity index (χ1n) is 19.7. The molecule has 1 nitrogen and oxygen atoms in total. The van der Waals surface area contributed by atoms with Crippen LogP contribution >= 0.6 is 0 Å². The maximum absolute atomic E-state index is 5.76. The van der Waals surface area contributed by atoms with Gasteiger partial charge < -0.3 is 5.73 Å². The Hall–Kier alpha value is -1.34. The lowest BCUT2D eigenvalue weighted by molar-refractivity contribution is 0.396. The van der Waals surface area contributed by atoms with Gasteiger partial charge in [-0.2, -0.15) is 0 Å². The fourth-order valence-corrected chi connectivity index (χ4v) is 6.05. The molecular formula is C43H79N. The highest BCUT2D eigenvalue weighted by molar-refractivity contribution is 4.96. The maximum Gasteiger partial charge on any atom is -0.00742 e. The SMILES string of the molecule is C=C(CCCN)CC(CCCCCCCC/C=C\C/C=C\CCCCC)CCCCCCCC/C=C\C/C=C\CCCCC. The molecule has 0 saturated heterocycles. The summed E-state index contributed by atoms with van der Waals surface area (Å²) in [6.07, 6.45) is 57.2. The van der Waals surface area contributed by atoms with Crippen molar-refractivity contribution in [2.75, 3.05) is 6.54 Å². The quantitative estimate of drug-likeness (QED) is 0.0561. The topological polar surface area (TPSA) is 26.0 Å². The molecule has 0 aromatic rings. The number of allylic oxidation sites excluding steroid dienone is 9. The minimum absolute atomic E-state index is 0.793. The predicted molar refractivity (Wildman–Crippen MR) is 203 cm³/mol. The van der Waals surface area contributed by atoms with Crippen molar-refractivity contribution in [1.82, 2.24) is 0 Å². The van der Waals surface area contributed by atoms with Crippen LogP contribution in [0.5, 0.6) is 0 Å². The van der Waals surface area contributed by atoms with Crippen molar-refractivity contribution in [3.8, 4) is 0 Å². The predicted octanol–water partition coefficient (Wildman–Crippen LogP) is 14.7. The Kier molecular flexibility index (Phi) is 36.7. The smallest absolute Gasteiger partial charge is 0.00742 e. The first kappa shape index (κ1) is 42.7. The largest absolute Gasteiger partial charge is 0.330 e. The highest BCUT2D eigenvalue weighted by Gasteiger charge is 2.10. The van der Waals surface area contributed by atoms with E-state index in [0.717, 1.165) is 38.1 Å². The molecule has 0 aliphatic rings. The maximum atomic E-state index is 5.76. The van der Waals surface area contributed by atoms with Crippen LogP contribution in [0, 0.1) is 5.92 Å². The summed E-state index contributed by atoms with van der Waals surface area (Å²) in [6, 6.07) is 0. The van der Waals surface area contributed by atoms with Crippen LogP contribution in [0.3, 0.4) is 0 Å². The molecule has 0 atom stereocenters. The zero-order valence-corrected chi connectivity index (χ0v) is 30.2. The summed E-state index contributed by atoms with van der Waals surface area (Å²) in [5, 5.41) is 0. The van der Waals surface area contributed by atoms with Gasteiger partial charge in [0.15, 0.2) is 0 Å². The molecule has 0 spiro atoms. The molecule has 0 aliphatic heterocycles. The average Bonchev–Trinajstić information content (AvgIpc) is 3.03. The third-order valence-electron chi connectivity index (χ3n) is 8.94. The standard InChI is InChI=1S/C43H79N/c1-4-6-8-10-12-14-16-18-20-22-24-26-28-30-32-34-38-43(41-42(3)37-36-40-44)39-35-33-31-29-27-25-23-21-19-17-15-13-11-9-7-5-2/h12-15,18-21,43H,3-11,16-17,22-41,44H2,1-2H3/b14-12-,15-13-,20-18-,21-19-. The van der Waals surface area contributed by atoms with Gasteiger partial charge in [0.1, 0.15) is 0 Å². The van der Waals surface area contributed by atoms with E-state index in [9.17, 15) is 0 Å². The number of nitrogens with two attached hydrogens (primary N) is 1. The summed E-state index contributed by atoms with van der Waals surface area (Å²) in [5.74, 6) is 0.844. The molecule has 0 bridgehead atoms. The van der Waals surface area contributed by atoms with Crippen molar-refractivity contribution >= 4 is 0 Å². The highest BCUT2D eigenvalue weighted by Crippen LogP contribution is 2.26. The van der Waals surface area contributed by atoms with Crippen molar-refractivity contribution in [1.29, 1.82) is 0 Å². The summed E-state index contributed by atoms with van der Waals surface area (Å²) in [6.45, 7) is 9.74. The Labute approximate surface area is 278 Å². The van der Waals surface area contributed by atoms with Crippen LogP contribution in [0.1, 0.15) is 200 Å². The van der Waals surface area contributed by atoms with E-state index in [-0.39, 0.29) is 0 Å². The van der Waals surface area contributed by atoms with Gasteiger partial charge in [-0.25, -0.2) is 0 Å². The zero-order valence-electron chi connectivity index (χ0n) is 30.2. The fraction of sp³-hybridized carbons (Fsp3) is 0.767. The van der Waals surface area contributed by atoms with Crippen LogP contribution in [-0.2, 0) is 0 Å². The summed E-state index contributed by atoms with van der Waals surface area (Å²) in [7, 11) is 0. The second kappa shape index (κ2) is 37.8. The number of unbranched alkanes of at least 4 members (excludes halogenated alkanes) is 18. The molecule has 0 radical (unpaired) electrons. The number of rotatable bonds is 35. The second-order valence-corrected chi connectivity index (χ2v) is 13.5. The molecule has 0 amide bonds. The van der Waals surface area contributed by atoms with Crippen LogP contribution in [-0.4, -0.2) is 6.54 Å². The van der Waals surface area contributed by atoms with E-state index >= 15 is 0 Å². The first-order chi connectivity index (χ1) is 21.7. The summed E-state index contributed by atoms with van der Waals surface area (Å²) in [4.78, 5) is 0. The summed E-state index contributed by atoms with van der Waals surface area (Å²) < 4.78 is 0. The summed E-state index contributed by atoms with van der Waals surface area (Å²) >= 11 is 0. The van der Waals surface area contributed by atoms with E-state index in [1.165, 1.54) is 166 Å². The average molecular weight is 610 g/mol. The first-order valence-corrected chi connectivity index (χ1v) is 19.7. The van der Waals surface area contributed by atoms with Gasteiger partial charge in [-0.1, -0.05) is 177 Å². The minimum atomic E-state index is 0.793. The molecular weight excluding hydrogens is 530 g/mol. The van der Waals surface area contributed by atoms with Crippen molar-refractivity contribution in [2.45, 2.75) is 200 Å². The molecule has 2 N–H and O–H groups in total. The van der Waals surface area contributed by atoms with Gasteiger partial charge in [-0.3, -0.25) is 0 Å². The van der Waals surface area contributed by atoms with Gasteiger partial charge in [-0.15, -0.1) is 0 Å². The van der Waals surface area contributed by atoms with Crippen LogP contribution in [0.2, 0.25) is 0 Å². The van der Waals surface area contributed by atoms with Crippen molar-refractivity contribution in [3.63, 3.8) is 0 Å². The van der Waals surface area contributed by atoms with Crippen LogP contribution in [0.15, 0.2) is 60.8 Å². The molecule has 0 saturated carbocycles. The van der Waals surface area contributed by atoms with Crippen LogP contribution in [0.25, 0.3) is 0 Å². The Balaban J connectivity index is 3.88. The van der Waals surface area contributed by atoms with Gasteiger partial charge in [0, 0.05) is 0 Å². The summed E-state index contributed by atoms with van der Waals surface area (Å²) in [5.41, 5.74) is 7.20. The lowest BCUT2D eigenvalue weighted by Gasteiger charge is -2.18. The molecule has 0 heterocycles. The Morgan fingerprint density at radius 1 is 0.477 bits per heavy atom. The van der Waals surface area contributed by atoms with E-state index in [1.54, 1.807) is 0 Å². The molecule has 0 fully saturated rings. The Bertz CT molecular complexity index is 633. The normalized spacial score (nSPS) is 12.4. The monoisotopic (exact) mass is 610 g/mol. The Morgan fingerprint density at radius 3 is 1.23 bits per heavy atom. The van der Waals surface area contributed by atoms with Crippen LogP contribution < -0.4 is 5.73 Å². The molecule has 0 aromatic heterocycles. The number of hydrogen-bond donors (Lipinski definition) is 1. The van der Waals surface area contributed by atoms with Gasteiger partial charge in [0.25, 0.3) is 0 Å². The fourth-order valence-electron chi connectivity index (χ4n) is 6.05. The molecule has 0 rings (SSSR count). The van der Waals surface area contributed by atoms with Crippen molar-refractivity contribution < 1.29 is 0 Å². The van der Waals surface area contributed by atoms with E-state index in [4.69, 9.17) is 5.73 Å². The molecule has 0 aromatic carbocycles. The van der Waals surface area contributed by atoms with E-state index in [2.05, 4.69) is 69.0 Å². The van der Waals surface area contributed by atoms with E-state index in [1.807, 2.05) is 0 Å². The lowest BCUT2D eigenvalue weighted by Crippen LogP contribution is -2.05. The molecule has 1 heteroatoms. The highest BCUT2D eigenvalue weighted by atomic mass is 14.5. The third-order valence-corrected chi connectivity index (χ3v) is 8.94. The molecule has 0 aliphatic carbocycles. The van der Waals surface area contributed by atoms with E-state index < -0.39 is 0 Å². The molecule has 0 unspecified atom stereocenters. The minimum Gasteiger partial charge on any atom is -0.330 e. The second-order valence-electron chi connectivity index (χ2n) is 13.5. The number of hydrogen-bond acceptors (Lipinski definition) is 1.